The van der Waals surface area contributed by atoms with Gasteiger partial charge >= 0.3 is 0 Å². The zero-order valence-electron chi connectivity index (χ0n) is 34.4. The minimum atomic E-state index is -0.00366. The summed E-state index contributed by atoms with van der Waals surface area (Å²) in [5, 5.41) is 6.27. The van der Waals surface area contributed by atoms with E-state index in [9.17, 15) is 0 Å². The van der Waals surface area contributed by atoms with E-state index in [0.29, 0.717) is 0 Å². The lowest BCUT2D eigenvalue weighted by atomic mass is 9.93. The van der Waals surface area contributed by atoms with Crippen LogP contribution in [0.4, 0.5) is 11.4 Å². The average molecular weight is 774 g/mol. The molecule has 0 aliphatic rings. The third-order valence-corrected chi connectivity index (χ3v) is 11.1. The van der Waals surface area contributed by atoms with E-state index in [0.717, 1.165) is 80.5 Å². The lowest BCUT2D eigenvalue weighted by Crippen LogP contribution is -2.14. The van der Waals surface area contributed by atoms with Crippen LogP contribution >= 0.6 is 22.7 Å². The van der Waals surface area contributed by atoms with Crippen LogP contribution in [0.3, 0.4) is 0 Å². The van der Waals surface area contributed by atoms with Gasteiger partial charge in [-0.25, -0.2) is 15.0 Å². The predicted molar refractivity (Wildman–Crippen MR) is 232 cm³/mol. The first kappa shape index (κ1) is 41.3. The van der Waals surface area contributed by atoms with Gasteiger partial charge < -0.3 is 10.6 Å². The second-order valence-corrected chi connectivity index (χ2v) is 18.1. The SMILES string of the molecule is CCN(C)C=Nc1cc(C)c(Cc2nc(-c3cnc(C(C)(C)C)cn3)cs2)cc1C.Cc1cc(Cc2nc(-c3cnc(C(C)(C)C)cn3)cs2)c(C)cc1N. The molecule has 288 valence electrons. The van der Waals surface area contributed by atoms with Gasteiger partial charge in [0.05, 0.1) is 45.8 Å². The highest BCUT2D eigenvalue weighted by Gasteiger charge is 2.18. The maximum absolute atomic E-state index is 5.98. The number of rotatable bonds is 9. The molecular formula is C44H55N9S2. The molecule has 0 amide bonds. The molecule has 0 unspecified atom stereocenters. The molecule has 0 atom stereocenters. The maximum atomic E-state index is 5.98. The number of nitrogen functional groups attached to an aromatic ring is 1. The zero-order chi connectivity index (χ0) is 40.1. The van der Waals surface area contributed by atoms with E-state index < -0.39 is 0 Å². The van der Waals surface area contributed by atoms with Crippen LogP contribution in [0.2, 0.25) is 0 Å². The number of nitrogens with two attached hydrogens (primary N) is 1. The Morgan fingerprint density at radius 1 is 0.636 bits per heavy atom. The summed E-state index contributed by atoms with van der Waals surface area (Å²) in [6, 6.07) is 8.59. The van der Waals surface area contributed by atoms with Crippen LogP contribution in [0, 0.1) is 27.7 Å². The van der Waals surface area contributed by atoms with Crippen LogP contribution in [0.1, 0.15) is 103 Å². The Balaban J connectivity index is 0.000000214. The van der Waals surface area contributed by atoms with Crippen LogP contribution in [0.15, 0.2) is 64.8 Å². The van der Waals surface area contributed by atoms with E-state index in [4.69, 9.17) is 15.7 Å². The number of nitrogens with zero attached hydrogens (tertiary/aromatic N) is 8. The molecule has 0 radical (unpaired) electrons. The Morgan fingerprint density at radius 2 is 1.11 bits per heavy atom. The number of anilines is 1. The van der Waals surface area contributed by atoms with Gasteiger partial charge in [-0.3, -0.25) is 19.9 Å². The van der Waals surface area contributed by atoms with Crippen molar-refractivity contribution in [1.82, 2.24) is 34.8 Å². The van der Waals surface area contributed by atoms with Gasteiger partial charge in [-0.05, 0) is 80.1 Å². The highest BCUT2D eigenvalue weighted by Crippen LogP contribution is 2.29. The standard InChI is InChI=1S/C24H31N5S.C20H24N4S/c1-8-29(7)15-27-19-10-16(2)18(9-17(19)3)11-23-28-21(14-30-23)20-12-26-22(13-25-20)24(4,5)6;1-12-7-15(21)13(2)6-14(12)8-19-24-17(11-25-19)16-9-23-18(10-22-16)20(3,4)5/h9-10,12-15H,8,11H2,1-7H3;6-7,9-11H,8,21H2,1-5H3. The lowest BCUT2D eigenvalue weighted by molar-refractivity contribution is 0.552. The third-order valence-electron chi connectivity index (χ3n) is 9.42. The number of hydrogen-bond donors (Lipinski definition) is 1. The Bertz CT molecular complexity index is 2240. The van der Waals surface area contributed by atoms with Crippen LogP contribution in [0.5, 0.6) is 0 Å². The number of hydrogen-bond acceptors (Lipinski definition) is 10. The number of aromatic nitrogens is 6. The predicted octanol–water partition coefficient (Wildman–Crippen LogP) is 10.4. The van der Waals surface area contributed by atoms with Gasteiger partial charge in [0.2, 0.25) is 0 Å². The topological polar surface area (TPSA) is 119 Å². The number of thiazole rings is 2. The summed E-state index contributed by atoms with van der Waals surface area (Å²) in [6.45, 7) is 24.3. The number of aliphatic imine (C=N–C) groups is 1. The molecule has 0 fully saturated rings. The van der Waals surface area contributed by atoms with Crippen molar-refractivity contribution in [2.45, 2.75) is 99.8 Å². The first-order valence-corrected chi connectivity index (χ1v) is 20.4. The first-order chi connectivity index (χ1) is 25.9. The van der Waals surface area contributed by atoms with Crippen LogP contribution in [0.25, 0.3) is 22.8 Å². The Morgan fingerprint density at radius 3 is 1.55 bits per heavy atom. The third kappa shape index (κ3) is 10.9. The molecule has 0 spiro atoms. The van der Waals surface area contributed by atoms with Crippen molar-refractivity contribution in [3.63, 3.8) is 0 Å². The molecule has 0 saturated heterocycles. The fourth-order valence-electron chi connectivity index (χ4n) is 5.56. The van der Waals surface area contributed by atoms with Crippen molar-refractivity contribution in [1.29, 1.82) is 0 Å². The molecule has 2 aromatic carbocycles. The van der Waals surface area contributed by atoms with E-state index >= 15 is 0 Å². The van der Waals surface area contributed by atoms with Crippen molar-refractivity contribution in [3.8, 4) is 22.8 Å². The fraction of sp³-hybridized carbons (Fsp3) is 0.386. The van der Waals surface area contributed by atoms with E-state index in [1.54, 1.807) is 22.7 Å². The van der Waals surface area contributed by atoms with Gasteiger partial charge in [-0.1, -0.05) is 53.7 Å². The van der Waals surface area contributed by atoms with E-state index in [1.807, 2.05) is 51.2 Å². The molecule has 4 heterocycles. The van der Waals surface area contributed by atoms with Gasteiger partial charge in [0.25, 0.3) is 0 Å². The van der Waals surface area contributed by atoms with Gasteiger partial charge in [0, 0.05) is 66.1 Å². The Kier molecular flexibility index (Phi) is 13.0. The lowest BCUT2D eigenvalue weighted by Gasteiger charge is -2.16. The van der Waals surface area contributed by atoms with Crippen LogP contribution in [-0.4, -0.2) is 54.7 Å². The molecule has 4 aromatic heterocycles. The van der Waals surface area contributed by atoms with Crippen LogP contribution in [-0.2, 0) is 23.7 Å². The maximum Gasteiger partial charge on any atom is 0.108 e. The van der Waals surface area contributed by atoms with E-state index in [2.05, 4.69) is 128 Å². The van der Waals surface area contributed by atoms with Crippen molar-refractivity contribution in [3.05, 3.63) is 115 Å². The molecule has 6 rings (SSSR count). The summed E-state index contributed by atoms with van der Waals surface area (Å²) in [7, 11) is 2.03. The molecule has 0 bridgehead atoms. The van der Waals surface area contributed by atoms with Gasteiger partial charge in [0.15, 0.2) is 0 Å². The van der Waals surface area contributed by atoms with Crippen molar-refractivity contribution in [2.24, 2.45) is 4.99 Å². The molecule has 55 heavy (non-hydrogen) atoms. The monoisotopic (exact) mass is 773 g/mol. The summed E-state index contributed by atoms with van der Waals surface area (Å²) in [5.74, 6) is 0. The molecule has 6 aromatic rings. The summed E-state index contributed by atoms with van der Waals surface area (Å²) < 4.78 is 0. The molecule has 2 N–H and O–H groups in total. The number of aryl methyl sites for hydroxylation is 4. The molecule has 0 aliphatic heterocycles. The summed E-state index contributed by atoms with van der Waals surface area (Å²) in [6.07, 6.45) is 10.9. The Labute approximate surface area is 335 Å². The quantitative estimate of drug-likeness (QED) is 0.0876. The summed E-state index contributed by atoms with van der Waals surface area (Å²) in [5.41, 5.74) is 20.5. The van der Waals surface area contributed by atoms with Gasteiger partial charge in [0.1, 0.15) is 22.8 Å². The highest BCUT2D eigenvalue weighted by molar-refractivity contribution is 7.10. The minimum Gasteiger partial charge on any atom is -0.399 e. The smallest absolute Gasteiger partial charge is 0.108 e. The molecule has 0 aliphatic carbocycles. The second kappa shape index (κ2) is 17.3. The molecule has 11 heteroatoms. The van der Waals surface area contributed by atoms with Gasteiger partial charge in [-0.15, -0.1) is 22.7 Å². The average Bonchev–Trinajstić information content (AvgIpc) is 3.81. The van der Waals surface area contributed by atoms with Gasteiger partial charge in [-0.2, -0.15) is 0 Å². The van der Waals surface area contributed by atoms with Crippen molar-refractivity contribution < 1.29 is 0 Å². The molecular weight excluding hydrogens is 719 g/mol. The summed E-state index contributed by atoms with van der Waals surface area (Å²) in [4.78, 5) is 34.5. The summed E-state index contributed by atoms with van der Waals surface area (Å²) >= 11 is 3.33. The first-order valence-electron chi connectivity index (χ1n) is 18.7. The second-order valence-electron chi connectivity index (χ2n) is 16.2. The minimum absolute atomic E-state index is 0.00328. The van der Waals surface area contributed by atoms with Crippen molar-refractivity contribution >= 4 is 40.4 Å². The molecule has 0 saturated carbocycles. The zero-order valence-corrected chi connectivity index (χ0v) is 36.1. The fourth-order valence-corrected chi connectivity index (χ4v) is 7.18. The van der Waals surface area contributed by atoms with Crippen LogP contribution < -0.4 is 5.73 Å². The van der Waals surface area contributed by atoms with Crippen molar-refractivity contribution in [2.75, 3.05) is 19.3 Å². The largest absolute Gasteiger partial charge is 0.399 e. The highest BCUT2D eigenvalue weighted by atomic mass is 32.1. The van der Waals surface area contributed by atoms with E-state index in [1.165, 1.54) is 27.8 Å². The number of benzene rings is 2. The normalized spacial score (nSPS) is 11.9. The Hall–Kier alpha value is -4.87. The molecule has 9 nitrogen and oxygen atoms in total. The van der Waals surface area contributed by atoms with E-state index in [-0.39, 0.29) is 10.8 Å².